The van der Waals surface area contributed by atoms with Gasteiger partial charge in [0.05, 0.1) is 13.2 Å². The quantitative estimate of drug-likeness (QED) is 0.524. The summed E-state index contributed by atoms with van der Waals surface area (Å²) in [6.07, 6.45) is 2.58. The van der Waals surface area contributed by atoms with E-state index in [1.54, 1.807) is 7.11 Å². The third kappa shape index (κ3) is 4.94. The lowest BCUT2D eigenvalue weighted by molar-refractivity contribution is -0.145. The zero-order valence-corrected chi connectivity index (χ0v) is 18.3. The Kier molecular flexibility index (Phi) is 7.07. The number of methoxy groups -OCH3 is 1. The first-order chi connectivity index (χ1) is 15.7. The highest BCUT2D eigenvalue weighted by Gasteiger charge is 2.35. The number of benzene rings is 3. The van der Waals surface area contributed by atoms with Crippen LogP contribution in [0.1, 0.15) is 42.0 Å². The van der Waals surface area contributed by atoms with Gasteiger partial charge in [-0.3, -0.25) is 9.69 Å². The SMILES string of the molecule is COc1cc(C(c2ccccc2)N2CCCCC2C(=O)O)ccc1OCc1ccccc1. The number of hydrogen-bond donors (Lipinski definition) is 1. The van der Waals surface area contributed by atoms with Gasteiger partial charge in [0.2, 0.25) is 0 Å². The molecule has 0 aliphatic carbocycles. The zero-order chi connectivity index (χ0) is 22.3. The first-order valence-electron chi connectivity index (χ1n) is 11.1. The van der Waals surface area contributed by atoms with Gasteiger partial charge in [0, 0.05) is 0 Å². The minimum absolute atomic E-state index is 0.172. The molecule has 5 heteroatoms. The van der Waals surface area contributed by atoms with Crippen LogP contribution >= 0.6 is 0 Å². The van der Waals surface area contributed by atoms with Crippen LogP contribution in [0, 0.1) is 0 Å². The van der Waals surface area contributed by atoms with Gasteiger partial charge in [0.15, 0.2) is 11.5 Å². The molecule has 32 heavy (non-hydrogen) atoms. The van der Waals surface area contributed by atoms with Crippen LogP contribution in [-0.2, 0) is 11.4 Å². The zero-order valence-electron chi connectivity index (χ0n) is 18.3. The maximum atomic E-state index is 12.0. The van der Waals surface area contributed by atoms with Crippen LogP contribution < -0.4 is 9.47 Å². The normalized spacial score (nSPS) is 17.5. The van der Waals surface area contributed by atoms with Gasteiger partial charge in [-0.2, -0.15) is 0 Å². The van der Waals surface area contributed by atoms with Gasteiger partial charge in [-0.15, -0.1) is 0 Å². The number of aliphatic carboxylic acids is 1. The first-order valence-corrected chi connectivity index (χ1v) is 11.1. The van der Waals surface area contributed by atoms with E-state index in [9.17, 15) is 9.90 Å². The second-order valence-electron chi connectivity index (χ2n) is 8.09. The van der Waals surface area contributed by atoms with E-state index in [1.165, 1.54) is 0 Å². The molecule has 3 aromatic carbocycles. The highest BCUT2D eigenvalue weighted by Crippen LogP contribution is 2.38. The summed E-state index contributed by atoms with van der Waals surface area (Å²) in [5.74, 6) is 0.545. The molecule has 166 valence electrons. The van der Waals surface area contributed by atoms with Crippen LogP contribution in [0.3, 0.4) is 0 Å². The lowest BCUT2D eigenvalue weighted by Crippen LogP contribution is -2.46. The van der Waals surface area contributed by atoms with Gasteiger partial charge in [-0.1, -0.05) is 73.2 Å². The van der Waals surface area contributed by atoms with Crippen molar-refractivity contribution in [2.45, 2.75) is 38.0 Å². The molecule has 0 aromatic heterocycles. The van der Waals surface area contributed by atoms with Crippen LogP contribution in [-0.4, -0.2) is 35.7 Å². The predicted octanol–water partition coefficient (Wildman–Crippen LogP) is 5.30. The maximum absolute atomic E-state index is 12.0. The summed E-state index contributed by atoms with van der Waals surface area (Å²) < 4.78 is 11.7. The molecule has 0 saturated carbocycles. The summed E-state index contributed by atoms with van der Waals surface area (Å²) in [6.45, 7) is 1.19. The summed E-state index contributed by atoms with van der Waals surface area (Å²) in [7, 11) is 1.63. The molecule has 0 spiro atoms. The van der Waals surface area contributed by atoms with Crippen molar-refractivity contribution in [3.8, 4) is 11.5 Å². The van der Waals surface area contributed by atoms with Crippen molar-refractivity contribution in [2.24, 2.45) is 0 Å². The molecule has 2 unspecified atom stereocenters. The fraction of sp³-hybridized carbons (Fsp3) is 0.296. The number of carbonyl (C=O) groups is 1. The lowest BCUT2D eigenvalue weighted by Gasteiger charge is -2.39. The summed E-state index contributed by atoms with van der Waals surface area (Å²) >= 11 is 0. The molecular weight excluding hydrogens is 402 g/mol. The topological polar surface area (TPSA) is 59.0 Å². The molecule has 0 amide bonds. The van der Waals surface area contributed by atoms with E-state index in [2.05, 4.69) is 17.0 Å². The van der Waals surface area contributed by atoms with Crippen molar-refractivity contribution >= 4 is 5.97 Å². The summed E-state index contributed by atoms with van der Waals surface area (Å²) in [5.41, 5.74) is 3.15. The summed E-state index contributed by atoms with van der Waals surface area (Å²) in [4.78, 5) is 14.2. The second-order valence-corrected chi connectivity index (χ2v) is 8.09. The highest BCUT2D eigenvalue weighted by atomic mass is 16.5. The smallest absolute Gasteiger partial charge is 0.320 e. The average molecular weight is 432 g/mol. The lowest BCUT2D eigenvalue weighted by atomic mass is 9.91. The van der Waals surface area contributed by atoms with Crippen molar-refractivity contribution < 1.29 is 19.4 Å². The summed E-state index contributed by atoms with van der Waals surface area (Å²) in [5, 5.41) is 9.89. The van der Waals surface area contributed by atoms with Gasteiger partial charge < -0.3 is 14.6 Å². The summed E-state index contributed by atoms with van der Waals surface area (Å²) in [6, 6.07) is 25.3. The molecule has 4 rings (SSSR count). The van der Waals surface area contributed by atoms with E-state index >= 15 is 0 Å². The molecule has 1 aliphatic heterocycles. The molecule has 0 radical (unpaired) electrons. The molecule has 3 aromatic rings. The Balaban J connectivity index is 1.67. The largest absolute Gasteiger partial charge is 0.493 e. The van der Waals surface area contributed by atoms with Crippen molar-refractivity contribution in [3.63, 3.8) is 0 Å². The molecule has 1 fully saturated rings. The first kappa shape index (κ1) is 21.9. The maximum Gasteiger partial charge on any atom is 0.320 e. The van der Waals surface area contributed by atoms with E-state index < -0.39 is 12.0 Å². The molecule has 5 nitrogen and oxygen atoms in total. The highest BCUT2D eigenvalue weighted by molar-refractivity contribution is 5.73. The number of hydrogen-bond acceptors (Lipinski definition) is 4. The predicted molar refractivity (Wildman–Crippen MR) is 124 cm³/mol. The third-order valence-corrected chi connectivity index (χ3v) is 6.02. The van der Waals surface area contributed by atoms with Crippen LogP contribution in [0.2, 0.25) is 0 Å². The average Bonchev–Trinajstić information content (AvgIpc) is 2.85. The van der Waals surface area contributed by atoms with Crippen LogP contribution in [0.15, 0.2) is 78.9 Å². The van der Waals surface area contributed by atoms with Crippen LogP contribution in [0.4, 0.5) is 0 Å². The van der Waals surface area contributed by atoms with E-state index in [1.807, 2.05) is 66.7 Å². The fourth-order valence-electron chi connectivity index (χ4n) is 4.45. The number of likely N-dealkylation sites (tertiary alicyclic amines) is 1. The Hall–Kier alpha value is -3.31. The number of piperidine rings is 1. The number of nitrogens with zero attached hydrogens (tertiary/aromatic N) is 1. The number of carboxylic acid groups (broad SMARTS) is 1. The minimum atomic E-state index is -0.764. The third-order valence-electron chi connectivity index (χ3n) is 6.02. The van der Waals surface area contributed by atoms with Crippen LogP contribution in [0.5, 0.6) is 11.5 Å². The number of ether oxygens (including phenoxy) is 2. The minimum Gasteiger partial charge on any atom is -0.493 e. The van der Waals surface area contributed by atoms with Gasteiger partial charge >= 0.3 is 5.97 Å². The second kappa shape index (κ2) is 10.3. The number of rotatable bonds is 8. The van der Waals surface area contributed by atoms with Gasteiger partial charge in [-0.05, 0) is 48.2 Å². The van der Waals surface area contributed by atoms with Crippen molar-refractivity contribution in [2.75, 3.05) is 13.7 Å². The van der Waals surface area contributed by atoms with Crippen molar-refractivity contribution in [1.29, 1.82) is 0 Å². The number of carboxylic acids is 1. The Morgan fingerprint density at radius 3 is 2.38 bits per heavy atom. The fourth-order valence-corrected chi connectivity index (χ4v) is 4.45. The Bertz CT molecular complexity index is 1020. The van der Waals surface area contributed by atoms with Crippen LogP contribution in [0.25, 0.3) is 0 Å². The molecular formula is C27H29NO4. The van der Waals surface area contributed by atoms with E-state index in [4.69, 9.17) is 9.47 Å². The van der Waals surface area contributed by atoms with Gasteiger partial charge in [-0.25, -0.2) is 0 Å². The van der Waals surface area contributed by atoms with Crippen molar-refractivity contribution in [3.05, 3.63) is 95.6 Å². The molecule has 1 N–H and O–H groups in total. The molecule has 1 aliphatic rings. The van der Waals surface area contributed by atoms with Gasteiger partial charge in [0.1, 0.15) is 12.6 Å². The monoisotopic (exact) mass is 431 g/mol. The Morgan fingerprint density at radius 1 is 0.969 bits per heavy atom. The Labute approximate surface area is 189 Å². The van der Waals surface area contributed by atoms with Gasteiger partial charge in [0.25, 0.3) is 0 Å². The molecule has 1 heterocycles. The van der Waals surface area contributed by atoms with E-state index in [0.717, 1.165) is 36.1 Å². The Morgan fingerprint density at radius 2 is 1.69 bits per heavy atom. The standard InChI is InChI=1S/C27H29NO4/c1-31-25-18-22(15-16-24(25)32-19-20-10-4-2-5-11-20)26(21-12-6-3-7-13-21)28-17-9-8-14-23(28)27(29)30/h2-7,10-13,15-16,18,23,26H,8-9,14,17,19H2,1H3,(H,29,30). The van der Waals surface area contributed by atoms with E-state index in [-0.39, 0.29) is 6.04 Å². The molecule has 1 saturated heterocycles. The van der Waals surface area contributed by atoms with E-state index in [0.29, 0.717) is 24.5 Å². The van der Waals surface area contributed by atoms with Crippen molar-refractivity contribution in [1.82, 2.24) is 4.90 Å². The molecule has 0 bridgehead atoms. The molecule has 2 atom stereocenters.